The van der Waals surface area contributed by atoms with E-state index in [2.05, 4.69) is 36.5 Å². The van der Waals surface area contributed by atoms with Crippen molar-refractivity contribution in [3.63, 3.8) is 0 Å². The van der Waals surface area contributed by atoms with Gasteiger partial charge in [-0.2, -0.15) is 0 Å². The van der Waals surface area contributed by atoms with Crippen molar-refractivity contribution >= 4 is 11.6 Å². The summed E-state index contributed by atoms with van der Waals surface area (Å²) in [4.78, 5) is 13.9. The molecule has 1 aromatic carbocycles. The summed E-state index contributed by atoms with van der Waals surface area (Å²) in [5.41, 5.74) is 2.39. The zero-order chi connectivity index (χ0) is 11.8. The highest BCUT2D eigenvalue weighted by molar-refractivity contribution is 5.81. The smallest absolute Gasteiger partial charge is 0.225 e. The summed E-state index contributed by atoms with van der Waals surface area (Å²) < 4.78 is 0. The molecule has 2 saturated heterocycles. The third kappa shape index (κ3) is 1.90. The van der Waals surface area contributed by atoms with Crippen molar-refractivity contribution in [2.45, 2.75) is 38.3 Å². The maximum atomic E-state index is 11.8. The average molecular weight is 230 g/mol. The minimum absolute atomic E-state index is 0.298. The highest BCUT2D eigenvalue weighted by Gasteiger charge is 2.42. The van der Waals surface area contributed by atoms with Gasteiger partial charge in [-0.05, 0) is 37.5 Å². The predicted octanol–water partition coefficient (Wildman–Crippen LogP) is 2.17. The summed E-state index contributed by atoms with van der Waals surface area (Å²) >= 11 is 0. The molecule has 2 aliphatic rings. The van der Waals surface area contributed by atoms with Gasteiger partial charge < -0.3 is 10.2 Å². The molecule has 3 rings (SSSR count). The first-order valence-electron chi connectivity index (χ1n) is 6.37. The van der Waals surface area contributed by atoms with Crippen LogP contribution in [0.25, 0.3) is 0 Å². The number of fused-ring (bicyclic) bond motifs is 1. The standard InChI is InChI=1S/C14H18N2O/c1-10-4-2-5-11(8-10)15-12-9-14(17)16-7-3-6-13(12)16/h2,4-5,8,12-13,15H,3,6-7,9H2,1H3. The normalized spacial score (nSPS) is 27.4. The number of carbonyl (C=O) groups is 1. The molecule has 90 valence electrons. The van der Waals surface area contributed by atoms with Crippen LogP contribution in [-0.2, 0) is 4.79 Å². The zero-order valence-corrected chi connectivity index (χ0v) is 10.1. The van der Waals surface area contributed by atoms with Crippen molar-refractivity contribution < 1.29 is 4.79 Å². The average Bonchev–Trinajstić information content (AvgIpc) is 2.85. The quantitative estimate of drug-likeness (QED) is 0.844. The van der Waals surface area contributed by atoms with Crippen molar-refractivity contribution in [3.05, 3.63) is 29.8 Å². The van der Waals surface area contributed by atoms with Crippen LogP contribution in [0.3, 0.4) is 0 Å². The molecule has 2 fully saturated rings. The number of hydrogen-bond donors (Lipinski definition) is 1. The Balaban J connectivity index is 1.75. The summed E-state index contributed by atoms with van der Waals surface area (Å²) in [6.45, 7) is 3.04. The number of hydrogen-bond acceptors (Lipinski definition) is 2. The Hall–Kier alpha value is -1.51. The summed E-state index contributed by atoms with van der Waals surface area (Å²) in [7, 11) is 0. The van der Waals surface area contributed by atoms with Crippen LogP contribution in [0, 0.1) is 6.92 Å². The molecule has 2 unspecified atom stereocenters. The summed E-state index contributed by atoms with van der Waals surface area (Å²) in [6, 6.07) is 9.08. The second-order valence-corrected chi connectivity index (χ2v) is 5.12. The van der Waals surface area contributed by atoms with Gasteiger partial charge in [-0.15, -0.1) is 0 Å². The first-order valence-corrected chi connectivity index (χ1v) is 6.37. The van der Waals surface area contributed by atoms with Crippen molar-refractivity contribution in [1.82, 2.24) is 4.90 Å². The minimum atomic E-state index is 0.298. The zero-order valence-electron chi connectivity index (χ0n) is 10.1. The van der Waals surface area contributed by atoms with E-state index in [1.165, 1.54) is 5.56 Å². The number of benzene rings is 1. The highest BCUT2D eigenvalue weighted by atomic mass is 16.2. The van der Waals surface area contributed by atoms with Crippen LogP contribution in [0.15, 0.2) is 24.3 Å². The molecule has 2 atom stereocenters. The predicted molar refractivity (Wildman–Crippen MR) is 67.9 cm³/mol. The maximum Gasteiger partial charge on any atom is 0.225 e. The number of carbonyl (C=O) groups excluding carboxylic acids is 1. The van der Waals surface area contributed by atoms with Gasteiger partial charge in [0.2, 0.25) is 5.91 Å². The lowest BCUT2D eigenvalue weighted by Crippen LogP contribution is -2.34. The van der Waals surface area contributed by atoms with Crippen LogP contribution in [0.4, 0.5) is 5.69 Å². The van der Waals surface area contributed by atoms with Gasteiger partial charge in [0.05, 0.1) is 12.1 Å². The monoisotopic (exact) mass is 230 g/mol. The van der Waals surface area contributed by atoms with E-state index in [0.29, 0.717) is 24.4 Å². The Kier molecular flexibility index (Phi) is 2.54. The van der Waals surface area contributed by atoms with E-state index >= 15 is 0 Å². The van der Waals surface area contributed by atoms with E-state index in [0.717, 1.165) is 25.1 Å². The molecule has 3 heteroatoms. The third-order valence-electron chi connectivity index (χ3n) is 3.85. The molecule has 3 nitrogen and oxygen atoms in total. The number of amides is 1. The molecule has 2 heterocycles. The molecule has 0 aliphatic carbocycles. The van der Waals surface area contributed by atoms with Gasteiger partial charge in [-0.1, -0.05) is 12.1 Å². The lowest BCUT2D eigenvalue weighted by Gasteiger charge is -2.22. The van der Waals surface area contributed by atoms with Crippen LogP contribution in [-0.4, -0.2) is 29.4 Å². The molecule has 0 aromatic heterocycles. The Morgan fingerprint density at radius 1 is 1.41 bits per heavy atom. The summed E-state index contributed by atoms with van der Waals surface area (Å²) in [5, 5.41) is 3.52. The summed E-state index contributed by atoms with van der Waals surface area (Å²) in [6.07, 6.45) is 2.95. The van der Waals surface area contributed by atoms with Crippen LogP contribution < -0.4 is 5.32 Å². The van der Waals surface area contributed by atoms with E-state index in [1.807, 2.05) is 4.90 Å². The highest BCUT2D eigenvalue weighted by Crippen LogP contribution is 2.31. The maximum absolute atomic E-state index is 11.8. The molecule has 1 N–H and O–H groups in total. The SMILES string of the molecule is Cc1cccc(NC2CC(=O)N3CCCC23)c1. The third-order valence-corrected chi connectivity index (χ3v) is 3.85. The van der Waals surface area contributed by atoms with Gasteiger partial charge >= 0.3 is 0 Å². The lowest BCUT2D eigenvalue weighted by molar-refractivity contribution is -0.127. The first-order chi connectivity index (χ1) is 8.24. The molecule has 17 heavy (non-hydrogen) atoms. The van der Waals surface area contributed by atoms with Gasteiger partial charge in [-0.25, -0.2) is 0 Å². The van der Waals surface area contributed by atoms with Crippen molar-refractivity contribution in [3.8, 4) is 0 Å². The second-order valence-electron chi connectivity index (χ2n) is 5.12. The van der Waals surface area contributed by atoms with Gasteiger partial charge in [-0.3, -0.25) is 4.79 Å². The number of nitrogens with zero attached hydrogens (tertiary/aromatic N) is 1. The van der Waals surface area contributed by atoms with E-state index in [1.54, 1.807) is 0 Å². The van der Waals surface area contributed by atoms with Gasteiger partial charge in [0.1, 0.15) is 0 Å². The van der Waals surface area contributed by atoms with Crippen molar-refractivity contribution in [2.75, 3.05) is 11.9 Å². The fourth-order valence-corrected chi connectivity index (χ4v) is 3.06. The topological polar surface area (TPSA) is 32.3 Å². The number of aryl methyl sites for hydroxylation is 1. The largest absolute Gasteiger partial charge is 0.380 e. The van der Waals surface area contributed by atoms with E-state index in [4.69, 9.17) is 0 Å². The van der Waals surface area contributed by atoms with E-state index in [-0.39, 0.29) is 0 Å². The van der Waals surface area contributed by atoms with Gasteiger partial charge in [0.25, 0.3) is 0 Å². The van der Waals surface area contributed by atoms with E-state index < -0.39 is 0 Å². The molecule has 0 spiro atoms. The first kappa shape index (κ1) is 10.6. The second kappa shape index (κ2) is 4.06. The van der Waals surface area contributed by atoms with Crippen molar-refractivity contribution in [1.29, 1.82) is 0 Å². The fourth-order valence-electron chi connectivity index (χ4n) is 3.06. The van der Waals surface area contributed by atoms with Crippen LogP contribution >= 0.6 is 0 Å². The van der Waals surface area contributed by atoms with Gasteiger partial charge in [0.15, 0.2) is 0 Å². The molecule has 2 aliphatic heterocycles. The molecule has 0 saturated carbocycles. The fraction of sp³-hybridized carbons (Fsp3) is 0.500. The minimum Gasteiger partial charge on any atom is -0.380 e. The Labute approximate surface area is 102 Å². The number of anilines is 1. The summed E-state index contributed by atoms with van der Waals surface area (Å²) in [5.74, 6) is 0.317. The van der Waals surface area contributed by atoms with Crippen LogP contribution in [0.2, 0.25) is 0 Å². The van der Waals surface area contributed by atoms with Gasteiger partial charge in [0, 0.05) is 18.7 Å². The van der Waals surface area contributed by atoms with E-state index in [9.17, 15) is 4.79 Å². The number of nitrogens with one attached hydrogen (secondary N) is 1. The molecule has 1 aromatic rings. The van der Waals surface area contributed by atoms with Crippen LogP contribution in [0.5, 0.6) is 0 Å². The number of rotatable bonds is 2. The molecular weight excluding hydrogens is 212 g/mol. The molecule has 1 amide bonds. The lowest BCUT2D eigenvalue weighted by atomic mass is 10.1. The molecule has 0 radical (unpaired) electrons. The van der Waals surface area contributed by atoms with Crippen molar-refractivity contribution in [2.24, 2.45) is 0 Å². The molecular formula is C14H18N2O. The van der Waals surface area contributed by atoms with Crippen LogP contribution in [0.1, 0.15) is 24.8 Å². The Bertz CT molecular complexity index is 444. The molecule has 0 bridgehead atoms. The Morgan fingerprint density at radius 2 is 2.29 bits per heavy atom. The Morgan fingerprint density at radius 3 is 3.12 bits per heavy atom.